The maximum atomic E-state index is 12.3. The summed E-state index contributed by atoms with van der Waals surface area (Å²) in [7, 11) is 1.21. The van der Waals surface area contributed by atoms with E-state index in [1.165, 1.54) is 19.2 Å². The average Bonchev–Trinajstić information content (AvgIpc) is 2.52. The van der Waals surface area contributed by atoms with Crippen molar-refractivity contribution < 1.29 is 29.4 Å². The number of carboxylic acids is 2. The molecule has 0 spiro atoms. The summed E-state index contributed by atoms with van der Waals surface area (Å²) in [6.07, 6.45) is -0.661. The van der Waals surface area contributed by atoms with Crippen LogP contribution in [-0.2, 0) is 14.4 Å². The SMILES string of the molecule is CN(C(=O)[C@@H](S)C(=O)c1ccccc1)C(CCC(=O)O)C(=O)O. The first-order valence-electron chi connectivity index (χ1n) is 6.74. The molecule has 0 aliphatic rings. The maximum Gasteiger partial charge on any atom is 0.326 e. The van der Waals surface area contributed by atoms with Gasteiger partial charge in [-0.25, -0.2) is 4.79 Å². The fourth-order valence-corrected chi connectivity index (χ4v) is 2.29. The second-order valence-electron chi connectivity index (χ2n) is 4.87. The Bertz CT molecular complexity index is 603. The van der Waals surface area contributed by atoms with Crippen molar-refractivity contribution >= 4 is 36.3 Å². The van der Waals surface area contributed by atoms with Gasteiger partial charge in [0.05, 0.1) is 0 Å². The van der Waals surface area contributed by atoms with E-state index in [0.29, 0.717) is 0 Å². The largest absolute Gasteiger partial charge is 0.481 e. The molecule has 0 saturated heterocycles. The van der Waals surface area contributed by atoms with Crippen molar-refractivity contribution in [1.29, 1.82) is 0 Å². The molecule has 0 radical (unpaired) electrons. The number of carbonyl (C=O) groups excluding carboxylic acids is 2. The number of Topliss-reactive ketones (excluding diaryl/α,β-unsaturated/α-hetero) is 1. The van der Waals surface area contributed by atoms with Crippen LogP contribution >= 0.6 is 12.6 Å². The van der Waals surface area contributed by atoms with Crippen LogP contribution in [0, 0.1) is 0 Å². The number of aliphatic carboxylic acids is 2. The van der Waals surface area contributed by atoms with Gasteiger partial charge in [0.25, 0.3) is 0 Å². The molecule has 2 N–H and O–H groups in total. The second kappa shape index (κ2) is 8.33. The lowest BCUT2D eigenvalue weighted by atomic mass is 10.1. The predicted molar refractivity (Wildman–Crippen MR) is 84.6 cm³/mol. The van der Waals surface area contributed by atoms with Crippen molar-refractivity contribution in [3.8, 4) is 0 Å². The summed E-state index contributed by atoms with van der Waals surface area (Å²) in [5.74, 6) is -3.84. The van der Waals surface area contributed by atoms with Crippen LogP contribution in [-0.4, -0.2) is 57.1 Å². The molecule has 0 aliphatic heterocycles. The van der Waals surface area contributed by atoms with Gasteiger partial charge in [-0.3, -0.25) is 14.4 Å². The third-order valence-corrected chi connectivity index (χ3v) is 3.73. The van der Waals surface area contributed by atoms with Crippen molar-refractivity contribution in [2.24, 2.45) is 0 Å². The number of nitrogens with zero attached hydrogens (tertiary/aromatic N) is 1. The van der Waals surface area contributed by atoms with Gasteiger partial charge in [0, 0.05) is 19.0 Å². The molecule has 23 heavy (non-hydrogen) atoms. The highest BCUT2D eigenvalue weighted by Crippen LogP contribution is 2.14. The van der Waals surface area contributed by atoms with E-state index in [2.05, 4.69) is 12.6 Å². The van der Waals surface area contributed by atoms with Crippen LogP contribution in [0.3, 0.4) is 0 Å². The lowest BCUT2D eigenvalue weighted by molar-refractivity contribution is -0.149. The fourth-order valence-electron chi connectivity index (χ4n) is 1.96. The highest BCUT2D eigenvalue weighted by Gasteiger charge is 2.33. The van der Waals surface area contributed by atoms with Crippen LogP contribution in [0.5, 0.6) is 0 Å². The normalized spacial score (nSPS) is 13.0. The highest BCUT2D eigenvalue weighted by atomic mass is 32.1. The average molecular weight is 339 g/mol. The van der Waals surface area contributed by atoms with E-state index in [0.717, 1.165) is 4.90 Å². The molecule has 0 aromatic heterocycles. The fraction of sp³-hybridized carbons (Fsp3) is 0.333. The zero-order valence-corrected chi connectivity index (χ0v) is 13.3. The van der Waals surface area contributed by atoms with Gasteiger partial charge in [-0.1, -0.05) is 30.3 Å². The molecule has 0 fully saturated rings. The minimum atomic E-state index is -1.35. The molecule has 1 unspecified atom stereocenters. The van der Waals surface area contributed by atoms with Gasteiger partial charge in [0.1, 0.15) is 11.3 Å². The number of hydrogen-bond donors (Lipinski definition) is 3. The lowest BCUT2D eigenvalue weighted by Crippen LogP contribution is -2.47. The number of thiol groups is 1. The zero-order valence-electron chi connectivity index (χ0n) is 12.4. The monoisotopic (exact) mass is 339 g/mol. The number of ketones is 1. The van der Waals surface area contributed by atoms with Crippen molar-refractivity contribution in [3.05, 3.63) is 35.9 Å². The topological polar surface area (TPSA) is 112 Å². The molecule has 0 saturated carbocycles. The molecule has 1 amide bonds. The molecule has 2 atom stereocenters. The Morgan fingerprint density at radius 1 is 1.13 bits per heavy atom. The van der Waals surface area contributed by atoms with Crippen molar-refractivity contribution in [3.63, 3.8) is 0 Å². The summed E-state index contributed by atoms with van der Waals surface area (Å²) in [5, 5.41) is 16.4. The molecule has 1 aromatic carbocycles. The summed E-state index contributed by atoms with van der Waals surface area (Å²) < 4.78 is 0. The zero-order chi connectivity index (χ0) is 17.6. The molecular formula is C15H17NO6S. The van der Waals surface area contributed by atoms with Crippen LogP contribution in [0.2, 0.25) is 0 Å². The van der Waals surface area contributed by atoms with E-state index in [1.807, 2.05) is 0 Å². The van der Waals surface area contributed by atoms with Crippen molar-refractivity contribution in [2.75, 3.05) is 7.05 Å². The smallest absolute Gasteiger partial charge is 0.326 e. The van der Waals surface area contributed by atoms with Crippen molar-refractivity contribution in [1.82, 2.24) is 4.90 Å². The Morgan fingerprint density at radius 3 is 2.17 bits per heavy atom. The maximum absolute atomic E-state index is 12.3. The first-order valence-corrected chi connectivity index (χ1v) is 7.26. The van der Waals surface area contributed by atoms with Crippen LogP contribution in [0.4, 0.5) is 0 Å². The first kappa shape index (κ1) is 18.7. The number of benzene rings is 1. The Balaban J connectivity index is 2.85. The molecule has 0 aliphatic carbocycles. The Hall–Kier alpha value is -2.35. The van der Waals surface area contributed by atoms with Gasteiger partial charge in [-0.05, 0) is 6.42 Å². The number of carbonyl (C=O) groups is 4. The van der Waals surface area contributed by atoms with Gasteiger partial charge in [-0.15, -0.1) is 0 Å². The third-order valence-electron chi connectivity index (χ3n) is 3.27. The first-order chi connectivity index (χ1) is 10.8. The molecule has 0 heterocycles. The lowest BCUT2D eigenvalue weighted by Gasteiger charge is -2.26. The Labute approximate surface area is 138 Å². The minimum absolute atomic E-state index is 0.257. The number of amides is 1. The van der Waals surface area contributed by atoms with Gasteiger partial charge in [0.2, 0.25) is 5.91 Å². The van der Waals surface area contributed by atoms with Crippen LogP contribution < -0.4 is 0 Å². The van der Waals surface area contributed by atoms with Gasteiger partial charge >= 0.3 is 11.9 Å². The number of likely N-dealkylation sites (N-methyl/N-ethyl adjacent to an activating group) is 1. The van der Waals surface area contributed by atoms with Crippen LogP contribution in [0.25, 0.3) is 0 Å². The van der Waals surface area contributed by atoms with Crippen LogP contribution in [0.15, 0.2) is 30.3 Å². The number of hydrogen-bond acceptors (Lipinski definition) is 5. The highest BCUT2D eigenvalue weighted by molar-refractivity contribution is 7.82. The summed E-state index contributed by atoms with van der Waals surface area (Å²) in [6.45, 7) is 0. The molecule has 7 nitrogen and oxygen atoms in total. The third kappa shape index (κ3) is 5.10. The van der Waals surface area contributed by atoms with E-state index in [4.69, 9.17) is 10.2 Å². The standard InChI is InChI=1S/C15H17NO6S/c1-16(10(15(21)22)7-8-11(17)18)14(20)13(23)12(19)9-5-3-2-4-6-9/h2-6,10,13,23H,7-8H2,1H3,(H,17,18)(H,21,22)/t10?,13-/m0/s1. The van der Waals surface area contributed by atoms with Gasteiger partial charge in [-0.2, -0.15) is 12.6 Å². The van der Waals surface area contributed by atoms with Gasteiger partial charge in [0.15, 0.2) is 5.78 Å². The predicted octanol–water partition coefficient (Wildman–Crippen LogP) is 0.944. The molecule has 1 aromatic rings. The summed E-state index contributed by atoms with van der Waals surface area (Å²) in [4.78, 5) is 47.1. The van der Waals surface area contributed by atoms with E-state index in [9.17, 15) is 19.2 Å². The summed E-state index contributed by atoms with van der Waals surface area (Å²) in [6, 6.07) is 6.70. The molecular weight excluding hydrogens is 322 g/mol. The van der Waals surface area contributed by atoms with E-state index < -0.39 is 41.3 Å². The van der Waals surface area contributed by atoms with E-state index >= 15 is 0 Å². The molecule has 1 rings (SSSR count). The Morgan fingerprint density at radius 2 is 1.70 bits per heavy atom. The summed E-state index contributed by atoms with van der Waals surface area (Å²) in [5.41, 5.74) is 0.284. The number of rotatable bonds is 8. The molecule has 0 bridgehead atoms. The van der Waals surface area contributed by atoms with Gasteiger partial charge < -0.3 is 15.1 Å². The second-order valence-corrected chi connectivity index (χ2v) is 5.38. The molecule has 8 heteroatoms. The number of carboxylic acid groups (broad SMARTS) is 2. The van der Waals surface area contributed by atoms with Crippen molar-refractivity contribution in [2.45, 2.75) is 24.1 Å². The summed E-state index contributed by atoms with van der Waals surface area (Å²) >= 11 is 3.99. The van der Waals surface area contributed by atoms with E-state index in [1.54, 1.807) is 18.2 Å². The van der Waals surface area contributed by atoms with E-state index in [-0.39, 0.29) is 12.0 Å². The molecule has 124 valence electrons. The quantitative estimate of drug-likeness (QED) is 0.369. The van der Waals surface area contributed by atoms with Crippen LogP contribution in [0.1, 0.15) is 23.2 Å². The Kier molecular flexibility index (Phi) is 6.77. The minimum Gasteiger partial charge on any atom is -0.481 e.